The monoisotopic (exact) mass is 792 g/mol. The zero-order valence-corrected chi connectivity index (χ0v) is 34.7. The second-order valence-electron chi connectivity index (χ2n) is 17.5. The van der Waals surface area contributed by atoms with E-state index >= 15 is 4.79 Å². The van der Waals surface area contributed by atoms with Crippen LogP contribution in [-0.2, 0) is 45.8 Å². The molecule has 2 N–H and O–H groups in total. The van der Waals surface area contributed by atoms with Crippen LogP contribution in [0.1, 0.15) is 68.8 Å². The summed E-state index contributed by atoms with van der Waals surface area (Å²) in [6.07, 6.45) is 8.43. The molecule has 1 aliphatic carbocycles. The Bertz CT molecular complexity index is 2270. The number of ether oxygens (including phenoxy) is 4. The summed E-state index contributed by atoms with van der Waals surface area (Å²) in [6, 6.07) is 11.2. The average molecular weight is 793 g/mol. The van der Waals surface area contributed by atoms with Gasteiger partial charge < -0.3 is 33.9 Å². The second-order valence-corrected chi connectivity index (χ2v) is 17.5. The normalized spacial score (nSPS) is 34.7. The van der Waals surface area contributed by atoms with Gasteiger partial charge >= 0.3 is 17.9 Å². The van der Waals surface area contributed by atoms with E-state index in [2.05, 4.69) is 58.1 Å². The van der Waals surface area contributed by atoms with Crippen LogP contribution in [0.15, 0.2) is 60.2 Å². The molecule has 2 bridgehead atoms. The number of fused-ring (bicyclic) bond motifs is 6. The van der Waals surface area contributed by atoms with Crippen molar-refractivity contribution < 1.29 is 38.4 Å². The van der Waals surface area contributed by atoms with Gasteiger partial charge in [-0.2, -0.15) is 0 Å². The number of esters is 3. The Labute approximate surface area is 340 Å². The minimum absolute atomic E-state index is 0.0217. The van der Waals surface area contributed by atoms with Crippen molar-refractivity contribution in [1.29, 1.82) is 0 Å². The number of carbonyl (C=O) groups is 3. The van der Waals surface area contributed by atoms with Gasteiger partial charge in [0, 0.05) is 90.9 Å². The number of nitrogens with zero attached hydrogens (tertiary/aromatic N) is 3. The number of carbonyl (C=O) groups excluding carboxylic acids is 3. The van der Waals surface area contributed by atoms with Gasteiger partial charge in [-0.3, -0.25) is 19.4 Å². The van der Waals surface area contributed by atoms with Crippen LogP contribution >= 0.6 is 0 Å². The zero-order valence-electron chi connectivity index (χ0n) is 34.7. The van der Waals surface area contributed by atoms with Gasteiger partial charge in [0.05, 0.1) is 27.4 Å². The van der Waals surface area contributed by atoms with E-state index in [-0.39, 0.29) is 17.9 Å². The summed E-state index contributed by atoms with van der Waals surface area (Å²) in [7, 11) is 6.24. The molecular weight excluding hydrogens is 737 g/mol. The molecule has 9 rings (SSSR count). The highest BCUT2D eigenvalue weighted by Gasteiger charge is 2.80. The SMILES string of the molecule is CCC1=CC2CN(CCc3c([nH]c4ccccc34)[C@@](C(=O)OC)(c3cc4c(cc3OC)N(C)[C@H]3C(O)(C(=O)OC)[C@H](OC(C)=O)[C@]5(CC)C=CCN6CC[C@]43C65)C2)C1. The molecule has 0 amide bonds. The Balaban J connectivity index is 1.37. The Morgan fingerprint density at radius 3 is 2.48 bits per heavy atom. The van der Waals surface area contributed by atoms with Crippen LogP contribution in [0.3, 0.4) is 0 Å². The first-order valence-electron chi connectivity index (χ1n) is 20.8. The van der Waals surface area contributed by atoms with E-state index in [1.165, 1.54) is 26.7 Å². The second kappa shape index (κ2) is 13.7. The van der Waals surface area contributed by atoms with Crippen molar-refractivity contribution in [3.63, 3.8) is 0 Å². The van der Waals surface area contributed by atoms with Crippen molar-refractivity contribution in [3.8, 4) is 5.75 Å². The molecule has 0 radical (unpaired) electrons. The lowest BCUT2D eigenvalue weighted by Crippen LogP contribution is -2.81. The molecular formula is C46H56N4O8. The minimum Gasteiger partial charge on any atom is -0.496 e. The van der Waals surface area contributed by atoms with E-state index in [1.807, 2.05) is 37.1 Å². The van der Waals surface area contributed by atoms with Gasteiger partial charge in [-0.25, -0.2) is 4.79 Å². The molecule has 3 aromatic rings. The number of rotatable bonds is 7. The maximum atomic E-state index is 15.3. The number of aliphatic hydroxyl groups is 1. The average Bonchev–Trinajstić information content (AvgIpc) is 3.89. The van der Waals surface area contributed by atoms with Crippen LogP contribution in [0.2, 0.25) is 0 Å². The van der Waals surface area contributed by atoms with E-state index in [0.29, 0.717) is 43.7 Å². The largest absolute Gasteiger partial charge is 0.496 e. The highest BCUT2D eigenvalue weighted by molar-refractivity contribution is 5.95. The predicted octanol–water partition coefficient (Wildman–Crippen LogP) is 4.80. The molecule has 12 nitrogen and oxygen atoms in total. The summed E-state index contributed by atoms with van der Waals surface area (Å²) in [5.41, 5.74) is 1.10. The summed E-state index contributed by atoms with van der Waals surface area (Å²) >= 11 is 0. The molecule has 12 heteroatoms. The fourth-order valence-electron chi connectivity index (χ4n) is 13.0. The fraction of sp³-hybridized carbons (Fsp3) is 0.543. The maximum absolute atomic E-state index is 15.3. The van der Waals surface area contributed by atoms with Crippen LogP contribution in [0.4, 0.5) is 5.69 Å². The zero-order chi connectivity index (χ0) is 40.9. The van der Waals surface area contributed by atoms with Crippen LogP contribution in [-0.4, -0.2) is 123 Å². The molecule has 1 saturated heterocycles. The quantitative estimate of drug-likeness (QED) is 0.194. The highest BCUT2D eigenvalue weighted by atomic mass is 16.6. The molecule has 4 unspecified atom stereocenters. The number of hydrogen-bond donors (Lipinski definition) is 2. The molecule has 2 fully saturated rings. The van der Waals surface area contributed by atoms with Gasteiger partial charge in [0.1, 0.15) is 11.2 Å². The number of H-pyrrole nitrogens is 1. The summed E-state index contributed by atoms with van der Waals surface area (Å²) in [5.74, 6) is -1.31. The van der Waals surface area contributed by atoms with Gasteiger partial charge in [-0.15, -0.1) is 0 Å². The van der Waals surface area contributed by atoms with Crippen molar-refractivity contribution in [2.24, 2.45) is 11.3 Å². The third kappa shape index (κ3) is 4.94. The topological polar surface area (TPSA) is 134 Å². The van der Waals surface area contributed by atoms with Gasteiger partial charge in [-0.05, 0) is 67.8 Å². The van der Waals surface area contributed by atoms with E-state index in [1.54, 1.807) is 7.11 Å². The van der Waals surface area contributed by atoms with E-state index in [4.69, 9.17) is 18.9 Å². The number of likely N-dealkylation sites (N-methyl/N-ethyl adjacent to an activating group) is 1. The first-order valence-corrected chi connectivity index (χ1v) is 20.8. The number of methoxy groups -OCH3 is 3. The standard InChI is InChI=1S/C46H56N4O8/c1-8-28-21-29-24-45(41(52)56-6,37-31(15-19-49(25-28)26-29)30-13-10-11-14-34(30)47-37)33-22-32-35(23-36(33)55-5)48(4)39-44(32)17-20-50-18-12-16-43(9-2,38(44)50)40(58-27(3)51)46(39,54)42(53)57-7/h10-14,16,21-23,29,38-40,47,54H,8-9,15,17-20,24-26H2,1-7H3/t29?,38?,39-,40-,43-,44-,45+,46?/m1/s1. The summed E-state index contributed by atoms with van der Waals surface area (Å²) < 4.78 is 24.0. The molecule has 308 valence electrons. The molecule has 6 heterocycles. The Kier molecular flexibility index (Phi) is 9.18. The molecule has 1 spiro atoms. The van der Waals surface area contributed by atoms with E-state index < -0.39 is 45.9 Å². The molecule has 58 heavy (non-hydrogen) atoms. The van der Waals surface area contributed by atoms with Gasteiger partial charge in [-0.1, -0.05) is 55.8 Å². The summed E-state index contributed by atoms with van der Waals surface area (Å²) in [5, 5.41) is 14.4. The first kappa shape index (κ1) is 38.8. The number of nitrogens with one attached hydrogen (secondary N) is 1. The minimum atomic E-state index is -2.28. The third-order valence-electron chi connectivity index (χ3n) is 15.1. The number of benzene rings is 2. The number of aromatic nitrogens is 1. The number of hydrogen-bond acceptors (Lipinski definition) is 11. The molecule has 6 aliphatic rings. The van der Waals surface area contributed by atoms with E-state index in [0.717, 1.165) is 65.9 Å². The lowest BCUT2D eigenvalue weighted by Gasteiger charge is -2.63. The van der Waals surface area contributed by atoms with Crippen LogP contribution in [0.5, 0.6) is 5.75 Å². The van der Waals surface area contributed by atoms with Crippen molar-refractivity contribution >= 4 is 34.5 Å². The Morgan fingerprint density at radius 1 is 1.00 bits per heavy atom. The van der Waals surface area contributed by atoms with Gasteiger partial charge in [0.25, 0.3) is 0 Å². The lowest BCUT2D eigenvalue weighted by atomic mass is 9.47. The molecule has 1 aromatic heterocycles. The molecule has 9 atom stereocenters. The van der Waals surface area contributed by atoms with Gasteiger partial charge in [0.15, 0.2) is 6.10 Å². The molecule has 2 aromatic carbocycles. The fourth-order valence-corrected chi connectivity index (χ4v) is 13.0. The number of aromatic amines is 1. The summed E-state index contributed by atoms with van der Waals surface area (Å²) in [6.45, 7) is 9.44. The molecule has 5 aliphatic heterocycles. The van der Waals surface area contributed by atoms with Crippen molar-refractivity contribution in [2.45, 2.75) is 87.5 Å². The molecule has 1 saturated carbocycles. The highest BCUT2D eigenvalue weighted by Crippen LogP contribution is 2.68. The maximum Gasteiger partial charge on any atom is 0.344 e. The number of anilines is 1. The Morgan fingerprint density at radius 2 is 1.78 bits per heavy atom. The van der Waals surface area contributed by atoms with Crippen molar-refractivity contribution in [2.75, 3.05) is 66.0 Å². The van der Waals surface area contributed by atoms with Crippen LogP contribution in [0.25, 0.3) is 10.9 Å². The van der Waals surface area contributed by atoms with Gasteiger partial charge in [0.2, 0.25) is 5.60 Å². The van der Waals surface area contributed by atoms with E-state index in [9.17, 15) is 14.7 Å². The first-order chi connectivity index (χ1) is 27.9. The van der Waals surface area contributed by atoms with Crippen molar-refractivity contribution in [3.05, 3.63) is 82.6 Å². The number of para-hydroxylation sites is 1. The van der Waals surface area contributed by atoms with Crippen LogP contribution < -0.4 is 9.64 Å². The predicted molar refractivity (Wildman–Crippen MR) is 219 cm³/mol. The Hall–Kier alpha value is -4.65. The lowest BCUT2D eigenvalue weighted by molar-refractivity contribution is -0.228. The van der Waals surface area contributed by atoms with Crippen LogP contribution in [0, 0.1) is 11.3 Å². The smallest absolute Gasteiger partial charge is 0.344 e. The van der Waals surface area contributed by atoms with Crippen molar-refractivity contribution in [1.82, 2.24) is 14.8 Å². The third-order valence-corrected chi connectivity index (χ3v) is 15.1. The summed E-state index contributed by atoms with van der Waals surface area (Å²) in [4.78, 5) is 53.4.